The number of benzene rings is 1. The van der Waals surface area contributed by atoms with E-state index in [1.807, 2.05) is 0 Å². The average Bonchev–Trinajstić information content (AvgIpc) is 2.16. The van der Waals surface area contributed by atoms with Crippen molar-refractivity contribution in [3.05, 3.63) is 30.2 Å². The van der Waals surface area contributed by atoms with Crippen molar-refractivity contribution in [2.45, 2.75) is 0 Å². The van der Waals surface area contributed by atoms with Crippen LogP contribution in [-0.2, 0) is 0 Å². The first kappa shape index (κ1) is 8.48. The fourth-order valence-electron chi connectivity index (χ4n) is 0.912. The van der Waals surface area contributed by atoms with E-state index in [-0.39, 0.29) is 0 Å². The molecular formula is C10H9O2. The minimum Gasteiger partial charge on any atom is -0.497 e. The normalized spacial score (nSPS) is 8.75. The molecule has 12 heavy (non-hydrogen) atoms. The largest absolute Gasteiger partial charge is 0.497 e. The van der Waals surface area contributed by atoms with Crippen molar-refractivity contribution < 1.29 is 9.47 Å². The Kier molecular flexibility index (Phi) is 2.60. The van der Waals surface area contributed by atoms with Crippen molar-refractivity contribution in [2.75, 3.05) is 14.2 Å². The first-order chi connectivity index (χ1) is 5.81. The average molecular weight is 161 g/mol. The number of methoxy groups -OCH3 is 2. The van der Waals surface area contributed by atoms with Crippen LogP contribution in [0.3, 0.4) is 0 Å². The summed E-state index contributed by atoms with van der Waals surface area (Å²) in [6.07, 6.45) is 6.97. The molecular weight excluding hydrogens is 152 g/mol. The van der Waals surface area contributed by atoms with E-state index in [0.717, 1.165) is 0 Å². The Morgan fingerprint density at radius 2 is 2.00 bits per heavy atom. The van der Waals surface area contributed by atoms with Gasteiger partial charge in [0, 0.05) is 0 Å². The van der Waals surface area contributed by atoms with Crippen molar-refractivity contribution in [1.29, 1.82) is 0 Å². The SMILES string of the molecule is [C]#Cc1cc(OC)ccc1OC. The molecule has 0 heterocycles. The summed E-state index contributed by atoms with van der Waals surface area (Å²) in [5.41, 5.74) is 0.594. The highest BCUT2D eigenvalue weighted by atomic mass is 16.5. The number of hydrogen-bond acceptors (Lipinski definition) is 2. The summed E-state index contributed by atoms with van der Waals surface area (Å²) in [7, 11) is 3.14. The molecule has 0 fully saturated rings. The minimum absolute atomic E-state index is 0.594. The van der Waals surface area contributed by atoms with Gasteiger partial charge in [0.05, 0.1) is 19.8 Å². The minimum atomic E-state index is 0.594. The van der Waals surface area contributed by atoms with Crippen LogP contribution in [0.1, 0.15) is 5.56 Å². The molecule has 0 aliphatic heterocycles. The summed E-state index contributed by atoms with van der Waals surface area (Å²) in [6, 6.07) is 5.22. The van der Waals surface area contributed by atoms with Gasteiger partial charge in [0.25, 0.3) is 0 Å². The molecule has 0 amide bonds. The third-order valence-corrected chi connectivity index (χ3v) is 1.54. The highest BCUT2D eigenvalue weighted by Crippen LogP contribution is 2.22. The Hall–Kier alpha value is -1.62. The van der Waals surface area contributed by atoms with Crippen LogP contribution in [0.4, 0.5) is 0 Å². The second-order valence-electron chi connectivity index (χ2n) is 2.19. The quantitative estimate of drug-likeness (QED) is 0.614. The van der Waals surface area contributed by atoms with Crippen molar-refractivity contribution in [3.63, 3.8) is 0 Å². The molecule has 61 valence electrons. The first-order valence-electron chi connectivity index (χ1n) is 3.46. The van der Waals surface area contributed by atoms with E-state index in [4.69, 9.17) is 15.9 Å². The van der Waals surface area contributed by atoms with Crippen molar-refractivity contribution >= 4 is 0 Å². The van der Waals surface area contributed by atoms with Crippen LogP contribution >= 0.6 is 0 Å². The van der Waals surface area contributed by atoms with Crippen LogP contribution in [0, 0.1) is 12.3 Å². The van der Waals surface area contributed by atoms with E-state index in [1.54, 1.807) is 32.4 Å². The Morgan fingerprint density at radius 3 is 2.50 bits per heavy atom. The molecule has 0 N–H and O–H groups in total. The Labute approximate surface area is 72.1 Å². The standard InChI is InChI=1S/C10H9O2/c1-4-8-7-9(11-2)5-6-10(8)12-3/h5-7H,2-3H3. The number of ether oxygens (including phenoxy) is 2. The van der Waals surface area contributed by atoms with Gasteiger partial charge in [-0.2, -0.15) is 0 Å². The van der Waals surface area contributed by atoms with Gasteiger partial charge < -0.3 is 9.47 Å². The maximum absolute atomic E-state index is 6.97. The predicted octanol–water partition coefficient (Wildman–Crippen LogP) is 1.64. The van der Waals surface area contributed by atoms with Crippen LogP contribution in [0.25, 0.3) is 0 Å². The molecule has 0 unspecified atom stereocenters. The monoisotopic (exact) mass is 161 g/mol. The van der Waals surface area contributed by atoms with E-state index in [0.29, 0.717) is 17.1 Å². The van der Waals surface area contributed by atoms with Gasteiger partial charge in [-0.05, 0) is 30.5 Å². The summed E-state index contributed by atoms with van der Waals surface area (Å²) < 4.78 is 9.97. The van der Waals surface area contributed by atoms with Crippen LogP contribution in [0.2, 0.25) is 0 Å². The van der Waals surface area contributed by atoms with Gasteiger partial charge in [0.2, 0.25) is 0 Å². The van der Waals surface area contributed by atoms with Crippen molar-refractivity contribution in [1.82, 2.24) is 0 Å². The van der Waals surface area contributed by atoms with Crippen LogP contribution in [-0.4, -0.2) is 14.2 Å². The lowest BCUT2D eigenvalue weighted by molar-refractivity contribution is 0.402. The zero-order chi connectivity index (χ0) is 8.97. The summed E-state index contributed by atoms with van der Waals surface area (Å²) in [6.45, 7) is 0. The second kappa shape index (κ2) is 3.68. The number of rotatable bonds is 2. The third-order valence-electron chi connectivity index (χ3n) is 1.54. The summed E-state index contributed by atoms with van der Waals surface area (Å²) >= 11 is 0. The molecule has 2 heteroatoms. The van der Waals surface area contributed by atoms with Crippen molar-refractivity contribution in [2.24, 2.45) is 0 Å². The highest BCUT2D eigenvalue weighted by Gasteiger charge is 2.00. The third kappa shape index (κ3) is 1.51. The fourth-order valence-corrected chi connectivity index (χ4v) is 0.912. The van der Waals surface area contributed by atoms with Crippen molar-refractivity contribution in [3.8, 4) is 17.4 Å². The van der Waals surface area contributed by atoms with Gasteiger partial charge in [-0.25, -0.2) is 0 Å². The number of hydrogen-bond donors (Lipinski definition) is 0. The Bertz CT molecular complexity index is 310. The van der Waals surface area contributed by atoms with Gasteiger partial charge in [0.1, 0.15) is 11.5 Å². The van der Waals surface area contributed by atoms with E-state index in [1.165, 1.54) is 0 Å². The van der Waals surface area contributed by atoms with Gasteiger partial charge in [-0.3, -0.25) is 0 Å². The molecule has 1 rings (SSSR count). The molecule has 0 saturated carbocycles. The zero-order valence-corrected chi connectivity index (χ0v) is 7.05. The first-order valence-corrected chi connectivity index (χ1v) is 3.46. The zero-order valence-electron chi connectivity index (χ0n) is 7.05. The van der Waals surface area contributed by atoms with E-state index in [9.17, 15) is 0 Å². The maximum atomic E-state index is 6.97. The molecule has 0 aromatic heterocycles. The van der Waals surface area contributed by atoms with E-state index < -0.39 is 0 Å². The van der Waals surface area contributed by atoms with Gasteiger partial charge in [-0.1, -0.05) is 0 Å². The second-order valence-corrected chi connectivity index (χ2v) is 2.19. The molecule has 0 bridgehead atoms. The lowest BCUT2D eigenvalue weighted by Crippen LogP contribution is -1.89. The van der Waals surface area contributed by atoms with E-state index in [2.05, 4.69) is 5.92 Å². The molecule has 0 aliphatic rings. The summed E-state index contributed by atoms with van der Waals surface area (Å²) in [4.78, 5) is 0. The topological polar surface area (TPSA) is 18.5 Å². The molecule has 0 spiro atoms. The molecule has 1 aromatic carbocycles. The van der Waals surface area contributed by atoms with Crippen LogP contribution in [0.5, 0.6) is 11.5 Å². The van der Waals surface area contributed by atoms with Gasteiger partial charge in [0.15, 0.2) is 0 Å². The molecule has 1 radical (unpaired) electrons. The Morgan fingerprint density at radius 1 is 1.25 bits per heavy atom. The highest BCUT2D eigenvalue weighted by molar-refractivity contribution is 5.48. The van der Waals surface area contributed by atoms with Gasteiger partial charge >= 0.3 is 0 Å². The Balaban J connectivity index is 3.13. The molecule has 0 aliphatic carbocycles. The smallest absolute Gasteiger partial charge is 0.134 e. The lowest BCUT2D eigenvalue weighted by atomic mass is 10.2. The van der Waals surface area contributed by atoms with Gasteiger partial charge in [-0.15, -0.1) is 0 Å². The molecule has 0 saturated heterocycles. The fraction of sp³-hybridized carbons (Fsp3) is 0.200. The summed E-state index contributed by atoms with van der Waals surface area (Å²) in [5, 5.41) is 0. The lowest BCUT2D eigenvalue weighted by Gasteiger charge is -2.04. The predicted molar refractivity (Wildman–Crippen MR) is 45.8 cm³/mol. The van der Waals surface area contributed by atoms with Crippen LogP contribution in [0.15, 0.2) is 18.2 Å². The van der Waals surface area contributed by atoms with E-state index >= 15 is 0 Å². The molecule has 0 atom stereocenters. The molecule has 2 nitrogen and oxygen atoms in total. The van der Waals surface area contributed by atoms with Crippen LogP contribution < -0.4 is 9.47 Å². The molecule has 1 aromatic rings. The summed E-state index contributed by atoms with van der Waals surface area (Å²) in [5.74, 6) is 3.60. The maximum Gasteiger partial charge on any atom is 0.134 e.